The van der Waals surface area contributed by atoms with Crippen molar-refractivity contribution in [2.45, 2.75) is 83.1 Å². The number of benzene rings is 1. The third kappa shape index (κ3) is 12.8. The minimum absolute atomic E-state index is 0.0172. The lowest BCUT2D eigenvalue weighted by atomic mass is 9.97. The smallest absolute Gasteiger partial charge is 0.326 e. The number of rotatable bonds is 18. The van der Waals surface area contributed by atoms with Gasteiger partial charge in [-0.3, -0.25) is 28.8 Å². The number of phenolic OH excluding ortho intramolecular Hbond substituents is 1. The molecule has 0 heterocycles. The summed E-state index contributed by atoms with van der Waals surface area (Å²) in [5, 5.41) is 46.3. The zero-order valence-electron chi connectivity index (χ0n) is 24.0. The fraction of sp³-hybridized carbons (Fsp3) is 0.519. The molecule has 1 rings (SSSR count). The van der Waals surface area contributed by atoms with Crippen LogP contribution in [-0.2, 0) is 40.0 Å². The molecule has 16 nitrogen and oxygen atoms in total. The van der Waals surface area contributed by atoms with E-state index in [2.05, 4.69) is 21.3 Å². The lowest BCUT2D eigenvalue weighted by molar-refractivity contribution is -0.142. The zero-order valence-corrected chi connectivity index (χ0v) is 24.0. The number of nitrogens with one attached hydrogen (secondary N) is 4. The minimum Gasteiger partial charge on any atom is -0.508 e. The number of hydrogen-bond acceptors (Lipinski definition) is 9. The lowest BCUT2D eigenvalue weighted by Gasteiger charge is -2.27. The fourth-order valence-electron chi connectivity index (χ4n) is 3.76. The van der Waals surface area contributed by atoms with E-state index in [4.69, 9.17) is 10.8 Å². The first kappa shape index (κ1) is 36.3. The van der Waals surface area contributed by atoms with Crippen molar-refractivity contribution >= 4 is 41.5 Å². The van der Waals surface area contributed by atoms with Gasteiger partial charge in [-0.1, -0.05) is 32.4 Å². The number of carboxylic acid groups (broad SMARTS) is 3. The van der Waals surface area contributed by atoms with Crippen LogP contribution < -0.4 is 27.0 Å². The number of carbonyl (C=O) groups is 7. The van der Waals surface area contributed by atoms with E-state index in [0.29, 0.717) is 12.0 Å². The van der Waals surface area contributed by atoms with Gasteiger partial charge in [0.1, 0.15) is 29.9 Å². The monoisotopic (exact) mass is 609 g/mol. The van der Waals surface area contributed by atoms with Crippen LogP contribution in [0.3, 0.4) is 0 Å². The molecule has 6 atom stereocenters. The van der Waals surface area contributed by atoms with Crippen molar-refractivity contribution in [2.75, 3.05) is 0 Å². The first-order valence-corrected chi connectivity index (χ1v) is 13.5. The summed E-state index contributed by atoms with van der Waals surface area (Å²) in [6, 6.07) is -1.14. The van der Waals surface area contributed by atoms with Crippen LogP contribution in [0.4, 0.5) is 0 Å². The van der Waals surface area contributed by atoms with Crippen LogP contribution in [0, 0.1) is 5.92 Å². The maximum atomic E-state index is 13.1. The number of carbonyl (C=O) groups excluding carboxylic acids is 4. The Morgan fingerprint density at radius 2 is 1.35 bits per heavy atom. The third-order valence-electron chi connectivity index (χ3n) is 6.55. The van der Waals surface area contributed by atoms with Crippen molar-refractivity contribution in [3.8, 4) is 5.75 Å². The molecule has 0 radical (unpaired) electrons. The number of aliphatic carboxylic acids is 3. The molecule has 4 amide bonds. The number of carboxylic acids is 3. The van der Waals surface area contributed by atoms with Crippen LogP contribution >= 0.6 is 0 Å². The van der Waals surface area contributed by atoms with Gasteiger partial charge in [0.25, 0.3) is 0 Å². The van der Waals surface area contributed by atoms with Crippen molar-refractivity contribution in [1.29, 1.82) is 0 Å². The Hall–Kier alpha value is -4.73. The molecule has 0 aliphatic rings. The van der Waals surface area contributed by atoms with Gasteiger partial charge in [-0.15, -0.1) is 0 Å². The average Bonchev–Trinajstić information content (AvgIpc) is 2.93. The van der Waals surface area contributed by atoms with Gasteiger partial charge < -0.3 is 47.4 Å². The number of hydrogen-bond donors (Lipinski definition) is 9. The molecule has 0 saturated carbocycles. The van der Waals surface area contributed by atoms with Gasteiger partial charge in [0.15, 0.2) is 0 Å². The second-order valence-corrected chi connectivity index (χ2v) is 10.1. The zero-order chi connectivity index (χ0) is 32.9. The Morgan fingerprint density at radius 3 is 1.86 bits per heavy atom. The van der Waals surface area contributed by atoms with Gasteiger partial charge in [-0.2, -0.15) is 0 Å². The van der Waals surface area contributed by atoms with E-state index in [9.17, 15) is 48.9 Å². The van der Waals surface area contributed by atoms with E-state index in [-0.39, 0.29) is 18.6 Å². The summed E-state index contributed by atoms with van der Waals surface area (Å²) in [6.07, 6.45) is -1.27. The molecular formula is C27H39N5O11. The van der Waals surface area contributed by atoms with E-state index in [1.54, 1.807) is 13.8 Å². The summed E-state index contributed by atoms with van der Waals surface area (Å²) in [5.74, 6) is -8.13. The van der Waals surface area contributed by atoms with E-state index in [1.165, 1.54) is 31.2 Å². The Bertz CT molecular complexity index is 1170. The van der Waals surface area contributed by atoms with E-state index < -0.39 is 90.5 Å². The summed E-state index contributed by atoms with van der Waals surface area (Å²) >= 11 is 0. The highest BCUT2D eigenvalue weighted by atomic mass is 16.4. The van der Waals surface area contributed by atoms with Gasteiger partial charge in [0.05, 0.1) is 12.5 Å². The average molecular weight is 610 g/mol. The molecule has 10 N–H and O–H groups in total. The van der Waals surface area contributed by atoms with E-state index in [1.807, 2.05) is 0 Å². The van der Waals surface area contributed by atoms with Crippen LogP contribution in [0.2, 0.25) is 0 Å². The molecule has 1 aromatic carbocycles. The standard InChI is InChI=1S/C27H39N5O11/c1-4-13(2)22(26(41)31-19(27(42)43)11-15-5-7-16(33)8-6-15)32-23(38)14(3)29-25(40)18(12-21(36)37)30-24(39)17(28)9-10-20(34)35/h5-8,13-14,17-19,22,33H,4,9-12,28H2,1-3H3,(H,29,40)(H,30,39)(H,31,41)(H,32,38)(H,34,35)(H,36,37)(H,42,43)/t13-,14-,17-,18-,19-,22-/m0/s1. The lowest BCUT2D eigenvalue weighted by Crippen LogP contribution is -2.59. The molecule has 0 aliphatic heterocycles. The first-order chi connectivity index (χ1) is 20.0. The number of nitrogens with two attached hydrogens (primary N) is 1. The molecular weight excluding hydrogens is 570 g/mol. The summed E-state index contributed by atoms with van der Waals surface area (Å²) < 4.78 is 0. The van der Waals surface area contributed by atoms with Crippen LogP contribution in [0.25, 0.3) is 0 Å². The SMILES string of the molecule is CC[C@H](C)[C@H](NC(=O)[C@H](C)NC(=O)[C@H](CC(=O)O)NC(=O)[C@@H](N)CCC(=O)O)C(=O)N[C@@H](Cc1ccc(O)cc1)C(=O)O. The van der Waals surface area contributed by atoms with Crippen LogP contribution in [0.1, 0.15) is 52.0 Å². The molecule has 16 heteroatoms. The van der Waals surface area contributed by atoms with Gasteiger partial charge in [0.2, 0.25) is 23.6 Å². The predicted octanol–water partition coefficient (Wildman–Crippen LogP) is -1.31. The molecule has 0 spiro atoms. The van der Waals surface area contributed by atoms with Crippen LogP contribution in [-0.4, -0.2) is 92.2 Å². The van der Waals surface area contributed by atoms with Crippen molar-refractivity contribution in [3.63, 3.8) is 0 Å². The number of amides is 4. The molecule has 238 valence electrons. The van der Waals surface area contributed by atoms with Gasteiger partial charge in [-0.05, 0) is 37.0 Å². The summed E-state index contributed by atoms with van der Waals surface area (Å²) in [4.78, 5) is 85.0. The van der Waals surface area contributed by atoms with Crippen molar-refractivity contribution in [1.82, 2.24) is 21.3 Å². The van der Waals surface area contributed by atoms with Gasteiger partial charge in [0, 0.05) is 12.8 Å². The molecule has 0 aliphatic carbocycles. The third-order valence-corrected chi connectivity index (χ3v) is 6.55. The van der Waals surface area contributed by atoms with Crippen molar-refractivity contribution in [2.24, 2.45) is 11.7 Å². The topological polar surface area (TPSA) is 275 Å². The van der Waals surface area contributed by atoms with Crippen molar-refractivity contribution in [3.05, 3.63) is 29.8 Å². The summed E-state index contributed by atoms with van der Waals surface area (Å²) in [5.41, 5.74) is 6.14. The van der Waals surface area contributed by atoms with Crippen molar-refractivity contribution < 1.29 is 54.0 Å². The van der Waals surface area contributed by atoms with E-state index in [0.717, 1.165) is 0 Å². The molecule has 0 bridgehead atoms. The first-order valence-electron chi connectivity index (χ1n) is 13.5. The molecule has 0 fully saturated rings. The maximum Gasteiger partial charge on any atom is 0.326 e. The highest BCUT2D eigenvalue weighted by Crippen LogP contribution is 2.13. The number of aromatic hydroxyl groups is 1. The predicted molar refractivity (Wildman–Crippen MR) is 149 cm³/mol. The highest BCUT2D eigenvalue weighted by Gasteiger charge is 2.33. The summed E-state index contributed by atoms with van der Waals surface area (Å²) in [6.45, 7) is 4.64. The van der Waals surface area contributed by atoms with Gasteiger partial charge >= 0.3 is 17.9 Å². The van der Waals surface area contributed by atoms with Crippen LogP contribution in [0.15, 0.2) is 24.3 Å². The Labute approximate surface area is 247 Å². The van der Waals surface area contributed by atoms with Gasteiger partial charge in [-0.25, -0.2) is 4.79 Å². The minimum atomic E-state index is -1.65. The molecule has 43 heavy (non-hydrogen) atoms. The largest absolute Gasteiger partial charge is 0.508 e. The van der Waals surface area contributed by atoms with Crippen LogP contribution in [0.5, 0.6) is 5.75 Å². The fourth-order valence-corrected chi connectivity index (χ4v) is 3.76. The normalized spacial score (nSPS) is 15.0. The molecule has 0 unspecified atom stereocenters. The molecule has 0 aromatic heterocycles. The molecule has 1 aromatic rings. The second-order valence-electron chi connectivity index (χ2n) is 10.1. The maximum absolute atomic E-state index is 13.1. The molecule has 0 saturated heterocycles. The van der Waals surface area contributed by atoms with E-state index >= 15 is 0 Å². The second kappa shape index (κ2) is 17.3. The highest BCUT2D eigenvalue weighted by molar-refractivity contribution is 5.96. The quantitative estimate of drug-likeness (QED) is 0.0938. The Balaban J connectivity index is 2.95. The summed E-state index contributed by atoms with van der Waals surface area (Å²) in [7, 11) is 0. The Kier molecular flexibility index (Phi) is 14.6. The number of phenols is 1. The Morgan fingerprint density at radius 1 is 0.767 bits per heavy atom.